The smallest absolute Gasteiger partial charge is 0.275 e. The van der Waals surface area contributed by atoms with Crippen LogP contribution in [-0.4, -0.2) is 33.5 Å². The fourth-order valence-corrected chi connectivity index (χ4v) is 3.30. The zero-order valence-corrected chi connectivity index (χ0v) is 12.3. The third-order valence-electron chi connectivity index (χ3n) is 3.59. The Hall–Kier alpha value is -1.76. The lowest BCUT2D eigenvalue weighted by molar-refractivity contribution is -0.122. The number of fused-ring (bicyclic) bond motifs is 1. The number of hydrogen-bond donors (Lipinski definition) is 0. The predicted octanol–water partition coefficient (Wildman–Crippen LogP) is 1.13. The molecule has 0 aliphatic carbocycles. The van der Waals surface area contributed by atoms with E-state index in [-0.39, 0.29) is 11.5 Å². The molecule has 1 saturated heterocycles. The van der Waals surface area contributed by atoms with Gasteiger partial charge in [0.1, 0.15) is 5.78 Å². The molecule has 6 nitrogen and oxygen atoms in total. The first-order valence-electron chi connectivity index (χ1n) is 6.76. The lowest BCUT2D eigenvalue weighted by Crippen LogP contribution is -2.39. The Bertz CT molecular complexity index is 721. The zero-order chi connectivity index (χ0) is 14.3. The molecule has 2 aromatic heterocycles. The second kappa shape index (κ2) is 4.97. The van der Waals surface area contributed by atoms with Gasteiger partial charge in [-0.1, -0.05) is 25.2 Å². The van der Waals surface area contributed by atoms with E-state index in [1.807, 2.05) is 13.8 Å². The Morgan fingerprint density at radius 3 is 2.95 bits per heavy atom. The minimum Gasteiger partial charge on any atom is -0.346 e. The number of piperidine rings is 1. The molecular formula is C13H16N4O2S. The second-order valence-electron chi connectivity index (χ2n) is 5.08. The molecule has 0 spiro atoms. The molecule has 7 heteroatoms. The first kappa shape index (κ1) is 13.2. The Kier molecular flexibility index (Phi) is 3.29. The molecule has 1 unspecified atom stereocenters. The van der Waals surface area contributed by atoms with Crippen LogP contribution in [0, 0.1) is 5.92 Å². The summed E-state index contributed by atoms with van der Waals surface area (Å²) in [6, 6.07) is 1.53. The van der Waals surface area contributed by atoms with Gasteiger partial charge in [0.25, 0.3) is 5.56 Å². The number of carbonyl (C=O) groups is 1. The number of carbonyl (C=O) groups excluding carboxylic acids is 1. The van der Waals surface area contributed by atoms with Crippen molar-refractivity contribution in [3.05, 3.63) is 22.1 Å². The summed E-state index contributed by atoms with van der Waals surface area (Å²) in [4.78, 5) is 30.6. The summed E-state index contributed by atoms with van der Waals surface area (Å²) in [5.74, 6) is 0.317. The Morgan fingerprint density at radius 2 is 2.25 bits per heavy atom. The summed E-state index contributed by atoms with van der Waals surface area (Å²) in [5.41, 5.74) is 0.642. The summed E-state index contributed by atoms with van der Waals surface area (Å²) in [6.07, 6.45) is 1.27. The van der Waals surface area contributed by atoms with E-state index in [4.69, 9.17) is 0 Å². The second-order valence-corrected chi connectivity index (χ2v) is 6.02. The van der Waals surface area contributed by atoms with Crippen LogP contribution in [0.15, 0.2) is 10.9 Å². The van der Waals surface area contributed by atoms with Crippen molar-refractivity contribution in [3.8, 4) is 0 Å². The third kappa shape index (κ3) is 2.22. The molecule has 0 N–H and O–H groups in total. The lowest BCUT2D eigenvalue weighted by atomic mass is 9.99. The third-order valence-corrected chi connectivity index (χ3v) is 4.56. The minimum atomic E-state index is -0.143. The number of nitrogens with zero attached hydrogens (tertiary/aromatic N) is 4. The van der Waals surface area contributed by atoms with Crippen LogP contribution in [-0.2, 0) is 11.2 Å². The SMILES string of the molecule is CCc1cc(=O)n2nc(N3CCC(=O)C(C)C3)sc2n1. The van der Waals surface area contributed by atoms with Crippen molar-refractivity contribution in [2.75, 3.05) is 18.0 Å². The normalized spacial score (nSPS) is 19.8. The quantitative estimate of drug-likeness (QED) is 0.830. The molecule has 1 aliphatic rings. The highest BCUT2D eigenvalue weighted by Crippen LogP contribution is 2.25. The number of anilines is 1. The van der Waals surface area contributed by atoms with E-state index in [1.54, 1.807) is 0 Å². The fraction of sp³-hybridized carbons (Fsp3) is 0.538. The molecule has 1 atom stereocenters. The molecule has 1 fully saturated rings. The van der Waals surface area contributed by atoms with Crippen molar-refractivity contribution in [3.63, 3.8) is 0 Å². The molecule has 106 valence electrons. The molecule has 1 aliphatic heterocycles. The van der Waals surface area contributed by atoms with Gasteiger partial charge in [-0.15, -0.1) is 5.10 Å². The molecule has 3 rings (SSSR count). The number of aromatic nitrogens is 3. The summed E-state index contributed by atoms with van der Waals surface area (Å²) in [6.45, 7) is 5.23. The Morgan fingerprint density at radius 1 is 1.45 bits per heavy atom. The first-order chi connectivity index (χ1) is 9.58. The van der Waals surface area contributed by atoms with Crippen LogP contribution in [0.25, 0.3) is 4.96 Å². The largest absolute Gasteiger partial charge is 0.346 e. The van der Waals surface area contributed by atoms with E-state index in [0.29, 0.717) is 30.3 Å². The van der Waals surface area contributed by atoms with Crippen molar-refractivity contribution < 1.29 is 4.79 Å². The number of Topliss-reactive ketones (excluding diaryl/α,β-unsaturated/α-hetero) is 1. The fourth-order valence-electron chi connectivity index (χ4n) is 2.34. The molecule has 0 aromatic carbocycles. The van der Waals surface area contributed by atoms with Crippen molar-refractivity contribution in [2.45, 2.75) is 26.7 Å². The van der Waals surface area contributed by atoms with Crippen LogP contribution >= 0.6 is 11.3 Å². The Balaban J connectivity index is 1.99. The van der Waals surface area contributed by atoms with E-state index >= 15 is 0 Å². The zero-order valence-electron chi connectivity index (χ0n) is 11.5. The van der Waals surface area contributed by atoms with E-state index in [0.717, 1.165) is 17.2 Å². The maximum absolute atomic E-state index is 12.0. The molecular weight excluding hydrogens is 276 g/mol. The average Bonchev–Trinajstić information content (AvgIpc) is 2.86. The van der Waals surface area contributed by atoms with Crippen LogP contribution in [0.1, 0.15) is 26.0 Å². The van der Waals surface area contributed by atoms with Gasteiger partial charge < -0.3 is 4.90 Å². The molecule has 0 bridgehead atoms. The number of aryl methyl sites for hydroxylation is 1. The van der Waals surface area contributed by atoms with Gasteiger partial charge in [-0.05, 0) is 6.42 Å². The van der Waals surface area contributed by atoms with Gasteiger partial charge in [0.2, 0.25) is 10.1 Å². The summed E-state index contributed by atoms with van der Waals surface area (Å²) >= 11 is 1.41. The molecule has 0 saturated carbocycles. The van der Waals surface area contributed by atoms with E-state index in [2.05, 4.69) is 15.0 Å². The average molecular weight is 292 g/mol. The standard InChI is InChI=1S/C13H16N4O2S/c1-3-9-6-11(19)17-12(14-9)20-13(15-17)16-5-4-10(18)8(2)7-16/h6,8H,3-5,7H2,1-2H3. The predicted molar refractivity (Wildman–Crippen MR) is 77.5 cm³/mol. The minimum absolute atomic E-state index is 0.0200. The van der Waals surface area contributed by atoms with Gasteiger partial charge in [-0.3, -0.25) is 9.59 Å². The lowest BCUT2D eigenvalue weighted by Gasteiger charge is -2.29. The van der Waals surface area contributed by atoms with E-state index in [1.165, 1.54) is 21.9 Å². The number of ketones is 1. The van der Waals surface area contributed by atoms with E-state index < -0.39 is 0 Å². The van der Waals surface area contributed by atoms with E-state index in [9.17, 15) is 9.59 Å². The monoisotopic (exact) mass is 292 g/mol. The highest BCUT2D eigenvalue weighted by atomic mass is 32.1. The maximum atomic E-state index is 12.0. The first-order valence-corrected chi connectivity index (χ1v) is 7.57. The molecule has 2 aromatic rings. The van der Waals surface area contributed by atoms with Crippen molar-refractivity contribution in [1.82, 2.24) is 14.6 Å². The van der Waals surface area contributed by atoms with Crippen LogP contribution in [0.3, 0.4) is 0 Å². The Labute approximate surface area is 120 Å². The number of rotatable bonds is 2. The molecule has 0 amide bonds. The van der Waals surface area contributed by atoms with Gasteiger partial charge in [-0.2, -0.15) is 4.52 Å². The van der Waals surface area contributed by atoms with Crippen LogP contribution in [0.4, 0.5) is 5.13 Å². The maximum Gasteiger partial charge on any atom is 0.275 e. The highest BCUT2D eigenvalue weighted by Gasteiger charge is 2.25. The van der Waals surface area contributed by atoms with Gasteiger partial charge in [0.05, 0.1) is 0 Å². The van der Waals surface area contributed by atoms with Gasteiger partial charge >= 0.3 is 0 Å². The summed E-state index contributed by atoms with van der Waals surface area (Å²) < 4.78 is 1.35. The molecule has 20 heavy (non-hydrogen) atoms. The van der Waals surface area contributed by atoms with Crippen molar-refractivity contribution >= 4 is 27.2 Å². The van der Waals surface area contributed by atoms with Gasteiger partial charge in [-0.25, -0.2) is 4.98 Å². The van der Waals surface area contributed by atoms with Crippen LogP contribution < -0.4 is 10.5 Å². The van der Waals surface area contributed by atoms with Crippen LogP contribution in [0.2, 0.25) is 0 Å². The number of hydrogen-bond acceptors (Lipinski definition) is 6. The molecule has 0 radical (unpaired) electrons. The van der Waals surface area contributed by atoms with Crippen molar-refractivity contribution in [2.24, 2.45) is 5.92 Å². The van der Waals surface area contributed by atoms with Gasteiger partial charge in [0.15, 0.2) is 0 Å². The molecule has 3 heterocycles. The van der Waals surface area contributed by atoms with Crippen molar-refractivity contribution in [1.29, 1.82) is 0 Å². The topological polar surface area (TPSA) is 67.6 Å². The summed E-state index contributed by atoms with van der Waals surface area (Å²) in [7, 11) is 0. The summed E-state index contributed by atoms with van der Waals surface area (Å²) in [5, 5.41) is 5.11. The highest BCUT2D eigenvalue weighted by molar-refractivity contribution is 7.20. The van der Waals surface area contributed by atoms with Crippen LogP contribution in [0.5, 0.6) is 0 Å². The van der Waals surface area contributed by atoms with Gasteiger partial charge in [0, 0.05) is 37.2 Å².